The van der Waals surface area contributed by atoms with Gasteiger partial charge in [-0.1, -0.05) is 6.92 Å². The molecule has 0 saturated carbocycles. The van der Waals surface area contributed by atoms with Gasteiger partial charge in [0, 0.05) is 0 Å². The van der Waals surface area contributed by atoms with Crippen molar-refractivity contribution < 1.29 is 0 Å². The summed E-state index contributed by atoms with van der Waals surface area (Å²) in [6.45, 7) is 8.43. The summed E-state index contributed by atoms with van der Waals surface area (Å²) in [4.78, 5) is 2.15. The number of hydrogen-bond donors (Lipinski definition) is 0. The first kappa shape index (κ1) is 13.9. The molecule has 0 amide bonds. The second-order valence-electron chi connectivity index (χ2n) is 4.53. The average Bonchev–Trinajstić information content (AvgIpc) is 2.18. The predicted octanol–water partition coefficient (Wildman–Crippen LogP) is 2.55. The fraction of sp³-hybridized carbons (Fsp3) is 0.833. The molecule has 0 bridgehead atoms. The normalized spacial score (nSPS) is 11.1. The van der Waals surface area contributed by atoms with E-state index < -0.39 is 0 Å². The van der Waals surface area contributed by atoms with Gasteiger partial charge in [0.25, 0.3) is 0 Å². The summed E-state index contributed by atoms with van der Waals surface area (Å²) >= 11 is 0. The van der Waals surface area contributed by atoms with Gasteiger partial charge in [0.15, 0.2) is 0 Å². The van der Waals surface area contributed by atoms with Gasteiger partial charge in [-0.15, -0.1) is 0 Å². The molecular weight excluding hydrogens is 186 g/mol. The van der Waals surface area contributed by atoms with Gasteiger partial charge in [0.1, 0.15) is 0 Å². The summed E-state index contributed by atoms with van der Waals surface area (Å²) in [7, 11) is 0. The molecule has 0 radical (unpaired) electrons. The zero-order valence-electron chi connectivity index (χ0n) is 10.1. The molecule has 3 heteroatoms. The van der Waals surface area contributed by atoms with Gasteiger partial charge in [-0.05, 0) is 46.2 Å². The van der Waals surface area contributed by atoms with Gasteiger partial charge >= 0.3 is 0 Å². The molecule has 0 fully saturated rings. The van der Waals surface area contributed by atoms with E-state index in [1.165, 1.54) is 0 Å². The van der Waals surface area contributed by atoms with E-state index in [1.807, 2.05) is 13.8 Å². The van der Waals surface area contributed by atoms with Crippen LogP contribution in [0, 0.1) is 28.1 Å². The molecule has 0 saturated heterocycles. The molecule has 0 aliphatic heterocycles. The molecular formula is C12H21N3. The van der Waals surface area contributed by atoms with E-state index in [-0.39, 0.29) is 5.41 Å². The lowest BCUT2D eigenvalue weighted by atomic mass is 9.90. The van der Waals surface area contributed by atoms with Crippen LogP contribution >= 0.6 is 0 Å². The quantitative estimate of drug-likeness (QED) is 0.603. The van der Waals surface area contributed by atoms with Gasteiger partial charge in [0.2, 0.25) is 0 Å². The Bertz CT molecular complexity index is 245. The fourth-order valence-electron chi connectivity index (χ4n) is 1.49. The first-order valence-corrected chi connectivity index (χ1v) is 5.56. The number of nitriles is 2. The Kier molecular flexibility index (Phi) is 6.75. The summed E-state index contributed by atoms with van der Waals surface area (Å²) in [5.41, 5.74) is -0.232. The highest BCUT2D eigenvalue weighted by molar-refractivity contribution is 4.91. The lowest BCUT2D eigenvalue weighted by molar-refractivity contribution is 0.282. The van der Waals surface area contributed by atoms with E-state index in [9.17, 15) is 0 Å². The standard InChI is InChI=1S/C12H21N3/c1-4-8-15(10-7-13)9-5-6-12(2,3)11-14/h4-6,8-10H2,1-3H3. The van der Waals surface area contributed by atoms with Crippen LogP contribution in [0.25, 0.3) is 0 Å². The van der Waals surface area contributed by atoms with Crippen LogP contribution < -0.4 is 0 Å². The van der Waals surface area contributed by atoms with E-state index in [0.29, 0.717) is 6.54 Å². The molecule has 3 nitrogen and oxygen atoms in total. The van der Waals surface area contributed by atoms with Crippen LogP contribution in [0.2, 0.25) is 0 Å². The van der Waals surface area contributed by atoms with Crippen LogP contribution in [-0.4, -0.2) is 24.5 Å². The maximum absolute atomic E-state index is 8.85. The van der Waals surface area contributed by atoms with Crippen LogP contribution in [0.15, 0.2) is 0 Å². The SMILES string of the molecule is CCCN(CC#N)CCCC(C)(C)C#N. The van der Waals surface area contributed by atoms with E-state index in [4.69, 9.17) is 10.5 Å². The zero-order valence-corrected chi connectivity index (χ0v) is 10.1. The van der Waals surface area contributed by atoms with Crippen LogP contribution in [0.3, 0.4) is 0 Å². The summed E-state index contributed by atoms with van der Waals surface area (Å²) in [6, 6.07) is 4.47. The van der Waals surface area contributed by atoms with Crippen LogP contribution in [0.1, 0.15) is 40.0 Å². The molecule has 0 unspecified atom stereocenters. The highest BCUT2D eigenvalue weighted by atomic mass is 15.1. The van der Waals surface area contributed by atoms with Crippen LogP contribution in [0.5, 0.6) is 0 Å². The van der Waals surface area contributed by atoms with Crippen molar-refractivity contribution in [2.24, 2.45) is 5.41 Å². The maximum atomic E-state index is 8.85. The topological polar surface area (TPSA) is 50.8 Å². The molecule has 15 heavy (non-hydrogen) atoms. The molecule has 0 aromatic heterocycles. The van der Waals surface area contributed by atoms with Gasteiger partial charge in [0.05, 0.1) is 24.1 Å². The van der Waals surface area contributed by atoms with E-state index in [0.717, 1.165) is 32.4 Å². The number of hydrogen-bond acceptors (Lipinski definition) is 3. The largest absolute Gasteiger partial charge is 0.291 e. The molecule has 0 aliphatic rings. The molecule has 0 aliphatic carbocycles. The summed E-state index contributed by atoms with van der Waals surface area (Å²) < 4.78 is 0. The molecule has 0 aromatic rings. The Balaban J connectivity index is 3.82. The molecule has 0 spiro atoms. The lowest BCUT2D eigenvalue weighted by Crippen LogP contribution is -2.27. The third-order valence-corrected chi connectivity index (χ3v) is 2.41. The molecule has 0 atom stereocenters. The minimum Gasteiger partial charge on any atom is -0.291 e. The first-order chi connectivity index (χ1) is 7.05. The molecule has 0 N–H and O–H groups in total. The van der Waals surface area contributed by atoms with Crippen LogP contribution in [-0.2, 0) is 0 Å². The number of nitrogens with zero attached hydrogens (tertiary/aromatic N) is 3. The second kappa shape index (κ2) is 7.26. The Labute approximate surface area is 93.3 Å². The third kappa shape index (κ3) is 6.94. The predicted molar refractivity (Wildman–Crippen MR) is 61.0 cm³/mol. The van der Waals surface area contributed by atoms with Crippen molar-refractivity contribution in [2.75, 3.05) is 19.6 Å². The van der Waals surface area contributed by atoms with Gasteiger partial charge in [-0.2, -0.15) is 10.5 Å². The minimum atomic E-state index is -0.232. The molecule has 0 rings (SSSR count). The summed E-state index contributed by atoms with van der Waals surface area (Å²) in [5, 5.41) is 17.5. The van der Waals surface area contributed by atoms with Crippen molar-refractivity contribution in [3.05, 3.63) is 0 Å². The van der Waals surface area contributed by atoms with Crippen molar-refractivity contribution in [1.82, 2.24) is 4.90 Å². The maximum Gasteiger partial charge on any atom is 0.0865 e. The van der Waals surface area contributed by atoms with E-state index >= 15 is 0 Å². The minimum absolute atomic E-state index is 0.232. The van der Waals surface area contributed by atoms with Gasteiger partial charge in [-0.25, -0.2) is 0 Å². The van der Waals surface area contributed by atoms with Crippen LogP contribution in [0.4, 0.5) is 0 Å². The Morgan fingerprint density at radius 2 is 1.87 bits per heavy atom. The Morgan fingerprint density at radius 3 is 2.33 bits per heavy atom. The average molecular weight is 207 g/mol. The monoisotopic (exact) mass is 207 g/mol. The lowest BCUT2D eigenvalue weighted by Gasteiger charge is -2.20. The van der Waals surface area contributed by atoms with Crippen molar-refractivity contribution in [3.8, 4) is 12.1 Å². The summed E-state index contributed by atoms with van der Waals surface area (Å²) in [6.07, 6.45) is 2.96. The Hall–Kier alpha value is -1.06. The fourth-order valence-corrected chi connectivity index (χ4v) is 1.49. The van der Waals surface area contributed by atoms with Gasteiger partial charge < -0.3 is 0 Å². The van der Waals surface area contributed by atoms with E-state index in [2.05, 4.69) is 24.0 Å². The highest BCUT2D eigenvalue weighted by Gasteiger charge is 2.16. The Morgan fingerprint density at radius 1 is 1.20 bits per heavy atom. The van der Waals surface area contributed by atoms with Crippen molar-refractivity contribution in [3.63, 3.8) is 0 Å². The zero-order chi connectivity index (χ0) is 11.7. The smallest absolute Gasteiger partial charge is 0.0865 e. The van der Waals surface area contributed by atoms with Gasteiger partial charge in [-0.3, -0.25) is 4.90 Å². The van der Waals surface area contributed by atoms with Crippen molar-refractivity contribution in [1.29, 1.82) is 10.5 Å². The number of rotatable bonds is 7. The summed E-state index contributed by atoms with van der Waals surface area (Å²) in [5.74, 6) is 0. The molecule has 0 heterocycles. The third-order valence-electron chi connectivity index (χ3n) is 2.41. The highest BCUT2D eigenvalue weighted by Crippen LogP contribution is 2.20. The second-order valence-corrected chi connectivity index (χ2v) is 4.53. The van der Waals surface area contributed by atoms with Crippen molar-refractivity contribution >= 4 is 0 Å². The van der Waals surface area contributed by atoms with E-state index in [1.54, 1.807) is 0 Å². The van der Waals surface area contributed by atoms with Crippen molar-refractivity contribution in [2.45, 2.75) is 40.0 Å². The molecule has 0 aromatic carbocycles. The first-order valence-electron chi connectivity index (χ1n) is 5.56. The molecule has 84 valence electrons.